The third-order valence-electron chi connectivity index (χ3n) is 2.43. The molecule has 1 aromatic rings. The summed E-state index contributed by atoms with van der Waals surface area (Å²) in [5.41, 5.74) is 5.38. The predicted molar refractivity (Wildman–Crippen MR) is 66.0 cm³/mol. The molecule has 0 saturated heterocycles. The van der Waals surface area contributed by atoms with Crippen LogP contribution in [0.5, 0.6) is 0 Å². The number of hydrogen-bond donors (Lipinski definition) is 3. The van der Waals surface area contributed by atoms with Gasteiger partial charge in [0.25, 0.3) is 10.0 Å². The molecule has 0 amide bonds. The Morgan fingerprint density at radius 2 is 2.29 bits per heavy atom. The summed E-state index contributed by atoms with van der Waals surface area (Å²) in [7, 11) is -3.49. The maximum Gasteiger partial charge on any atom is 0.257 e. The van der Waals surface area contributed by atoms with Gasteiger partial charge in [-0.3, -0.25) is 0 Å². The number of hydrogen-bond acceptors (Lipinski definition) is 4. The van der Waals surface area contributed by atoms with Crippen LogP contribution in [0.25, 0.3) is 0 Å². The Labute approximate surface area is 102 Å². The van der Waals surface area contributed by atoms with E-state index in [4.69, 9.17) is 5.73 Å². The molecule has 1 rings (SSSR count). The van der Waals surface area contributed by atoms with Crippen LogP contribution in [-0.4, -0.2) is 31.0 Å². The number of aryl methyl sites for hydroxylation is 1. The summed E-state index contributed by atoms with van der Waals surface area (Å²) in [4.78, 5) is 6.75. The van der Waals surface area contributed by atoms with Crippen LogP contribution in [0.2, 0.25) is 0 Å². The Bertz CT molecular complexity index is 441. The van der Waals surface area contributed by atoms with Crippen LogP contribution in [0.1, 0.15) is 32.5 Å². The third kappa shape index (κ3) is 4.10. The van der Waals surface area contributed by atoms with E-state index in [9.17, 15) is 8.42 Å². The summed E-state index contributed by atoms with van der Waals surface area (Å²) < 4.78 is 26.4. The van der Waals surface area contributed by atoms with E-state index >= 15 is 0 Å². The van der Waals surface area contributed by atoms with Crippen LogP contribution in [0.15, 0.2) is 11.2 Å². The fourth-order valence-corrected chi connectivity index (χ4v) is 2.69. The van der Waals surface area contributed by atoms with E-state index in [0.717, 1.165) is 12.8 Å². The summed E-state index contributed by atoms with van der Waals surface area (Å²) in [6.45, 7) is 4.30. The van der Waals surface area contributed by atoms with Crippen molar-refractivity contribution in [3.05, 3.63) is 12.0 Å². The minimum atomic E-state index is -3.49. The first kappa shape index (κ1) is 14.1. The fraction of sp³-hybridized carbons (Fsp3) is 0.700. The van der Waals surface area contributed by atoms with Crippen molar-refractivity contribution in [3.63, 3.8) is 0 Å². The predicted octanol–water partition coefficient (Wildman–Crippen LogP) is 0.378. The van der Waals surface area contributed by atoms with Crippen molar-refractivity contribution in [2.24, 2.45) is 5.73 Å². The summed E-state index contributed by atoms with van der Waals surface area (Å²) >= 11 is 0. The van der Waals surface area contributed by atoms with E-state index in [1.807, 2.05) is 13.8 Å². The Morgan fingerprint density at radius 3 is 2.82 bits per heavy atom. The van der Waals surface area contributed by atoms with Crippen molar-refractivity contribution in [2.75, 3.05) is 6.54 Å². The molecule has 0 aliphatic rings. The molecule has 0 radical (unpaired) electrons. The van der Waals surface area contributed by atoms with Gasteiger partial charge in [-0.05, 0) is 26.3 Å². The van der Waals surface area contributed by atoms with Crippen molar-refractivity contribution in [1.82, 2.24) is 14.7 Å². The zero-order valence-electron chi connectivity index (χ0n) is 10.2. The van der Waals surface area contributed by atoms with Gasteiger partial charge >= 0.3 is 0 Å². The molecule has 17 heavy (non-hydrogen) atoms. The average Bonchev–Trinajstić information content (AvgIpc) is 2.75. The number of nitrogens with two attached hydrogens (primary N) is 1. The molecule has 0 aliphatic heterocycles. The van der Waals surface area contributed by atoms with Crippen LogP contribution in [0.4, 0.5) is 0 Å². The van der Waals surface area contributed by atoms with Crippen LogP contribution in [0, 0.1) is 0 Å². The lowest BCUT2D eigenvalue weighted by Crippen LogP contribution is -2.33. The number of nitrogens with zero attached hydrogens (tertiary/aromatic N) is 1. The minimum Gasteiger partial charge on any atom is -0.332 e. The number of imidazole rings is 1. The van der Waals surface area contributed by atoms with E-state index in [0.29, 0.717) is 18.8 Å². The lowest BCUT2D eigenvalue weighted by Gasteiger charge is -2.12. The van der Waals surface area contributed by atoms with Gasteiger partial charge < -0.3 is 10.7 Å². The first-order valence-corrected chi connectivity index (χ1v) is 7.24. The van der Waals surface area contributed by atoms with Crippen molar-refractivity contribution < 1.29 is 8.42 Å². The number of aromatic nitrogens is 2. The zero-order valence-corrected chi connectivity index (χ0v) is 11.0. The number of H-pyrrole nitrogens is 1. The maximum absolute atomic E-state index is 11.9. The highest BCUT2D eigenvalue weighted by Crippen LogP contribution is 2.08. The highest BCUT2D eigenvalue weighted by molar-refractivity contribution is 7.89. The molecule has 4 N–H and O–H groups in total. The Balaban J connectivity index is 2.68. The van der Waals surface area contributed by atoms with Gasteiger partial charge in [0.15, 0.2) is 5.03 Å². The zero-order chi connectivity index (χ0) is 12.9. The molecule has 1 aromatic heterocycles. The van der Waals surface area contributed by atoms with Crippen molar-refractivity contribution in [2.45, 2.75) is 44.2 Å². The number of aromatic amines is 1. The topological polar surface area (TPSA) is 101 Å². The molecule has 1 heterocycles. The van der Waals surface area contributed by atoms with Crippen molar-refractivity contribution in [1.29, 1.82) is 0 Å². The third-order valence-corrected chi connectivity index (χ3v) is 3.93. The quantitative estimate of drug-likeness (QED) is 0.659. The summed E-state index contributed by atoms with van der Waals surface area (Å²) in [5.74, 6) is 0.667. The molecule has 98 valence electrons. The molecule has 0 bridgehead atoms. The molecule has 1 unspecified atom stereocenters. The molecule has 0 spiro atoms. The van der Waals surface area contributed by atoms with Gasteiger partial charge in [-0.1, -0.05) is 6.92 Å². The van der Waals surface area contributed by atoms with Crippen LogP contribution in [-0.2, 0) is 16.4 Å². The van der Waals surface area contributed by atoms with Gasteiger partial charge in [-0.2, -0.15) is 0 Å². The van der Waals surface area contributed by atoms with E-state index in [2.05, 4.69) is 14.7 Å². The lowest BCUT2D eigenvalue weighted by atomic mass is 10.2. The summed E-state index contributed by atoms with van der Waals surface area (Å²) in [6.07, 6.45) is 3.55. The van der Waals surface area contributed by atoms with Crippen LogP contribution >= 0.6 is 0 Å². The molecule has 1 atom stereocenters. The minimum absolute atomic E-state index is 0.119. The molecule has 0 aromatic carbocycles. The largest absolute Gasteiger partial charge is 0.332 e. The van der Waals surface area contributed by atoms with Crippen molar-refractivity contribution >= 4 is 10.0 Å². The second kappa shape index (κ2) is 6.13. The highest BCUT2D eigenvalue weighted by Gasteiger charge is 2.19. The van der Waals surface area contributed by atoms with Gasteiger partial charge in [0, 0.05) is 12.5 Å². The van der Waals surface area contributed by atoms with E-state index in [1.54, 1.807) is 0 Å². The van der Waals surface area contributed by atoms with Gasteiger partial charge in [-0.25, -0.2) is 18.1 Å². The average molecular weight is 260 g/mol. The monoisotopic (exact) mass is 260 g/mol. The molecule has 6 nitrogen and oxygen atoms in total. The second-order valence-electron chi connectivity index (χ2n) is 4.00. The second-order valence-corrected chi connectivity index (χ2v) is 5.68. The van der Waals surface area contributed by atoms with Gasteiger partial charge in [0.05, 0.1) is 6.20 Å². The number of nitrogens with one attached hydrogen (secondary N) is 2. The van der Waals surface area contributed by atoms with Gasteiger partial charge in [0.2, 0.25) is 0 Å². The van der Waals surface area contributed by atoms with E-state index in [-0.39, 0.29) is 11.1 Å². The Morgan fingerprint density at radius 1 is 1.59 bits per heavy atom. The molecular formula is C10H20N4O2S. The SMILES string of the molecule is CCc1ncc(S(=O)(=O)NC(C)CCCN)[nH]1. The normalized spacial score (nSPS) is 13.8. The number of sulfonamides is 1. The molecule has 0 aliphatic carbocycles. The van der Waals surface area contributed by atoms with Gasteiger partial charge in [-0.15, -0.1) is 0 Å². The van der Waals surface area contributed by atoms with Crippen LogP contribution in [0.3, 0.4) is 0 Å². The maximum atomic E-state index is 11.9. The molecule has 0 fully saturated rings. The first-order chi connectivity index (χ1) is 7.99. The van der Waals surface area contributed by atoms with Gasteiger partial charge in [0.1, 0.15) is 5.82 Å². The van der Waals surface area contributed by atoms with E-state index in [1.165, 1.54) is 6.20 Å². The number of rotatable bonds is 7. The highest BCUT2D eigenvalue weighted by atomic mass is 32.2. The molecular weight excluding hydrogens is 240 g/mol. The Hall–Kier alpha value is -0.920. The van der Waals surface area contributed by atoms with Crippen molar-refractivity contribution in [3.8, 4) is 0 Å². The Kier molecular flexibility index (Phi) is 5.10. The summed E-state index contributed by atoms with van der Waals surface area (Å²) in [5, 5.41) is 0.119. The lowest BCUT2D eigenvalue weighted by molar-refractivity contribution is 0.536. The fourth-order valence-electron chi connectivity index (χ4n) is 1.47. The first-order valence-electron chi connectivity index (χ1n) is 5.76. The van der Waals surface area contributed by atoms with E-state index < -0.39 is 10.0 Å². The molecule has 7 heteroatoms. The molecule has 0 saturated carbocycles. The van der Waals surface area contributed by atoms with Crippen LogP contribution < -0.4 is 10.5 Å². The standard InChI is InChI=1S/C10H20N4O2S/c1-3-9-12-7-10(13-9)17(15,16)14-8(2)5-4-6-11/h7-8,14H,3-6,11H2,1-2H3,(H,12,13). The summed E-state index contributed by atoms with van der Waals surface area (Å²) in [6, 6.07) is -0.128. The smallest absolute Gasteiger partial charge is 0.257 e.